The van der Waals surface area contributed by atoms with Crippen molar-refractivity contribution in [2.45, 2.75) is 26.8 Å². The Morgan fingerprint density at radius 3 is 2.38 bits per heavy atom. The molecule has 2 aromatic carbocycles. The number of nitrogens with one attached hydrogen (secondary N) is 3. The molecule has 2 aromatic rings. The average molecular weight is 376 g/mol. The smallest absolute Gasteiger partial charge is 0.246 e. The van der Waals surface area contributed by atoms with Crippen molar-refractivity contribution in [1.29, 1.82) is 0 Å². The molecule has 0 radical (unpaired) electrons. The third-order valence-electron chi connectivity index (χ3n) is 3.73. The standard InChI is InChI=1S/C19H22ClN3O3/c1-11-5-6-14(9-16(11)20)21-12(2)19(25)23-17-10-15(22-13(3)24)7-8-18(17)26-4/h5-10,12,21H,1-4H3,(H,22,24)(H,23,25). The Labute approximate surface area is 157 Å². The second-order valence-corrected chi connectivity index (χ2v) is 6.32. The number of hydrogen-bond acceptors (Lipinski definition) is 4. The summed E-state index contributed by atoms with van der Waals surface area (Å²) in [6.45, 7) is 5.07. The van der Waals surface area contributed by atoms with Gasteiger partial charge in [-0.25, -0.2) is 0 Å². The lowest BCUT2D eigenvalue weighted by Crippen LogP contribution is -2.32. The largest absolute Gasteiger partial charge is 0.495 e. The van der Waals surface area contributed by atoms with E-state index in [9.17, 15) is 9.59 Å². The van der Waals surface area contributed by atoms with Crippen LogP contribution in [-0.2, 0) is 9.59 Å². The molecule has 0 bridgehead atoms. The van der Waals surface area contributed by atoms with Gasteiger partial charge >= 0.3 is 0 Å². The third-order valence-corrected chi connectivity index (χ3v) is 4.13. The molecule has 0 heterocycles. The van der Waals surface area contributed by atoms with Gasteiger partial charge < -0.3 is 20.7 Å². The predicted octanol–water partition coefficient (Wildman–Crippen LogP) is 4.05. The van der Waals surface area contributed by atoms with Gasteiger partial charge in [-0.15, -0.1) is 0 Å². The highest BCUT2D eigenvalue weighted by atomic mass is 35.5. The Bertz CT molecular complexity index is 824. The van der Waals surface area contributed by atoms with Gasteiger partial charge in [-0.1, -0.05) is 17.7 Å². The summed E-state index contributed by atoms with van der Waals surface area (Å²) in [5.41, 5.74) is 2.76. The number of aryl methyl sites for hydroxylation is 1. The van der Waals surface area contributed by atoms with E-state index in [1.807, 2.05) is 19.1 Å². The summed E-state index contributed by atoms with van der Waals surface area (Å²) in [7, 11) is 1.51. The van der Waals surface area contributed by atoms with Gasteiger partial charge in [0.25, 0.3) is 0 Å². The number of halogens is 1. The number of carbonyl (C=O) groups excluding carboxylic acids is 2. The van der Waals surface area contributed by atoms with E-state index in [0.717, 1.165) is 11.3 Å². The predicted molar refractivity (Wildman–Crippen MR) is 105 cm³/mol. The van der Waals surface area contributed by atoms with Crippen LogP contribution in [0.3, 0.4) is 0 Å². The molecule has 2 rings (SSSR count). The van der Waals surface area contributed by atoms with Crippen molar-refractivity contribution in [2.24, 2.45) is 0 Å². The van der Waals surface area contributed by atoms with Crippen LogP contribution in [0.5, 0.6) is 5.75 Å². The second kappa shape index (κ2) is 8.58. The number of rotatable bonds is 6. The fourth-order valence-corrected chi connectivity index (χ4v) is 2.51. The minimum absolute atomic E-state index is 0.196. The van der Waals surface area contributed by atoms with Gasteiger partial charge in [0.05, 0.1) is 12.8 Å². The number of anilines is 3. The molecule has 0 aliphatic rings. The van der Waals surface area contributed by atoms with Gasteiger partial charge in [0.2, 0.25) is 11.8 Å². The van der Waals surface area contributed by atoms with Crippen LogP contribution in [0.4, 0.5) is 17.1 Å². The van der Waals surface area contributed by atoms with Crippen molar-refractivity contribution in [3.05, 3.63) is 47.0 Å². The first kappa shape index (κ1) is 19.6. The lowest BCUT2D eigenvalue weighted by Gasteiger charge is -2.18. The quantitative estimate of drug-likeness (QED) is 0.711. The van der Waals surface area contributed by atoms with E-state index in [1.165, 1.54) is 14.0 Å². The molecule has 0 aromatic heterocycles. The van der Waals surface area contributed by atoms with E-state index >= 15 is 0 Å². The maximum absolute atomic E-state index is 12.5. The zero-order chi connectivity index (χ0) is 19.3. The first-order valence-electron chi connectivity index (χ1n) is 8.09. The molecule has 1 unspecified atom stereocenters. The summed E-state index contributed by atoms with van der Waals surface area (Å²) in [6.07, 6.45) is 0. The Hall–Kier alpha value is -2.73. The molecule has 3 N–H and O–H groups in total. The summed E-state index contributed by atoms with van der Waals surface area (Å²) >= 11 is 6.11. The number of amides is 2. The highest BCUT2D eigenvalue weighted by Crippen LogP contribution is 2.28. The van der Waals surface area contributed by atoms with Crippen molar-refractivity contribution in [2.75, 3.05) is 23.1 Å². The monoisotopic (exact) mass is 375 g/mol. The maximum Gasteiger partial charge on any atom is 0.246 e. The molecule has 26 heavy (non-hydrogen) atoms. The fourth-order valence-electron chi connectivity index (χ4n) is 2.33. The van der Waals surface area contributed by atoms with Crippen LogP contribution in [0.15, 0.2) is 36.4 Å². The van der Waals surface area contributed by atoms with Gasteiger partial charge in [0.1, 0.15) is 11.8 Å². The number of benzene rings is 2. The van der Waals surface area contributed by atoms with E-state index in [0.29, 0.717) is 22.1 Å². The molecular weight excluding hydrogens is 354 g/mol. The van der Waals surface area contributed by atoms with Gasteiger partial charge in [0, 0.05) is 23.3 Å². The molecule has 6 nitrogen and oxygen atoms in total. The summed E-state index contributed by atoms with van der Waals surface area (Å²) in [4.78, 5) is 23.7. The summed E-state index contributed by atoms with van der Waals surface area (Å²) in [5, 5.41) is 9.22. The maximum atomic E-state index is 12.5. The molecule has 1 atom stereocenters. The molecule has 0 aliphatic carbocycles. The molecule has 0 spiro atoms. The summed E-state index contributed by atoms with van der Waals surface area (Å²) in [5.74, 6) is 0.0525. The van der Waals surface area contributed by atoms with Gasteiger partial charge in [-0.05, 0) is 49.7 Å². The molecule has 0 aliphatic heterocycles. The van der Waals surface area contributed by atoms with Gasteiger partial charge in [-0.2, -0.15) is 0 Å². The van der Waals surface area contributed by atoms with Crippen LogP contribution in [0, 0.1) is 6.92 Å². The Balaban J connectivity index is 2.11. The van der Waals surface area contributed by atoms with E-state index in [-0.39, 0.29) is 11.8 Å². The first-order valence-corrected chi connectivity index (χ1v) is 8.47. The van der Waals surface area contributed by atoms with E-state index in [4.69, 9.17) is 16.3 Å². The number of carbonyl (C=O) groups is 2. The Morgan fingerprint density at radius 1 is 1.08 bits per heavy atom. The average Bonchev–Trinajstić information content (AvgIpc) is 2.58. The Morgan fingerprint density at radius 2 is 1.77 bits per heavy atom. The molecular formula is C19H22ClN3O3. The van der Waals surface area contributed by atoms with E-state index < -0.39 is 6.04 Å². The van der Waals surface area contributed by atoms with Gasteiger partial charge in [0.15, 0.2) is 0 Å². The second-order valence-electron chi connectivity index (χ2n) is 5.92. The van der Waals surface area contributed by atoms with E-state index in [1.54, 1.807) is 31.2 Å². The van der Waals surface area contributed by atoms with Crippen molar-refractivity contribution in [3.63, 3.8) is 0 Å². The molecule has 0 saturated carbocycles. The zero-order valence-electron chi connectivity index (χ0n) is 15.1. The van der Waals surface area contributed by atoms with Crippen LogP contribution < -0.4 is 20.7 Å². The first-order chi connectivity index (χ1) is 12.3. The van der Waals surface area contributed by atoms with Crippen molar-refractivity contribution < 1.29 is 14.3 Å². The molecule has 0 saturated heterocycles. The third kappa shape index (κ3) is 5.13. The van der Waals surface area contributed by atoms with Crippen LogP contribution in [0.2, 0.25) is 5.02 Å². The topological polar surface area (TPSA) is 79.5 Å². The number of hydrogen-bond donors (Lipinski definition) is 3. The minimum atomic E-state index is -0.511. The number of ether oxygens (including phenoxy) is 1. The lowest BCUT2D eigenvalue weighted by atomic mass is 10.2. The lowest BCUT2D eigenvalue weighted by molar-refractivity contribution is -0.116. The summed E-state index contributed by atoms with van der Waals surface area (Å²) in [6, 6.07) is 10.0. The normalized spacial score (nSPS) is 11.4. The van der Waals surface area contributed by atoms with Crippen LogP contribution in [0.25, 0.3) is 0 Å². The van der Waals surface area contributed by atoms with Gasteiger partial charge in [-0.3, -0.25) is 9.59 Å². The zero-order valence-corrected chi connectivity index (χ0v) is 15.9. The molecule has 2 amide bonds. The molecule has 7 heteroatoms. The highest BCUT2D eigenvalue weighted by molar-refractivity contribution is 6.31. The van der Waals surface area contributed by atoms with Crippen LogP contribution in [-0.4, -0.2) is 25.0 Å². The molecule has 138 valence electrons. The van der Waals surface area contributed by atoms with E-state index in [2.05, 4.69) is 16.0 Å². The highest BCUT2D eigenvalue weighted by Gasteiger charge is 2.16. The SMILES string of the molecule is COc1ccc(NC(C)=O)cc1NC(=O)C(C)Nc1ccc(C)c(Cl)c1. The fraction of sp³-hybridized carbons (Fsp3) is 0.263. The Kier molecular flexibility index (Phi) is 6.46. The van der Waals surface area contributed by atoms with Crippen LogP contribution >= 0.6 is 11.6 Å². The van der Waals surface area contributed by atoms with Crippen molar-refractivity contribution in [1.82, 2.24) is 0 Å². The summed E-state index contributed by atoms with van der Waals surface area (Å²) < 4.78 is 5.27. The minimum Gasteiger partial charge on any atom is -0.495 e. The molecule has 0 fully saturated rings. The number of methoxy groups -OCH3 is 1. The van der Waals surface area contributed by atoms with Crippen LogP contribution in [0.1, 0.15) is 19.4 Å². The van der Waals surface area contributed by atoms with Crippen molar-refractivity contribution >= 4 is 40.5 Å². The van der Waals surface area contributed by atoms with Crippen molar-refractivity contribution in [3.8, 4) is 5.75 Å².